The van der Waals surface area contributed by atoms with Gasteiger partial charge in [-0.05, 0) is 36.8 Å². The minimum Gasteiger partial charge on any atom is -0.494 e. The number of nitrogens with one attached hydrogen (secondary N) is 1. The Morgan fingerprint density at radius 2 is 2.12 bits per heavy atom. The van der Waals surface area contributed by atoms with Gasteiger partial charge in [0.1, 0.15) is 5.75 Å². The maximum absolute atomic E-state index is 10.9. The Labute approximate surface area is 154 Å². The molecule has 0 aliphatic rings. The molecule has 0 radical (unpaired) electrons. The van der Waals surface area contributed by atoms with Crippen molar-refractivity contribution >= 4 is 28.4 Å². The van der Waals surface area contributed by atoms with Crippen molar-refractivity contribution in [1.82, 2.24) is 4.98 Å². The molecule has 1 aromatic heterocycles. The second-order valence-corrected chi connectivity index (χ2v) is 6.08. The number of hydrogen-bond acceptors (Lipinski definition) is 7. The van der Waals surface area contributed by atoms with Gasteiger partial charge in [0.15, 0.2) is 0 Å². The molecule has 0 saturated carbocycles. The van der Waals surface area contributed by atoms with E-state index in [-0.39, 0.29) is 5.69 Å². The molecule has 3 rings (SSSR count). The van der Waals surface area contributed by atoms with Crippen molar-refractivity contribution in [2.24, 2.45) is 5.10 Å². The van der Waals surface area contributed by atoms with Crippen LogP contribution in [0.1, 0.15) is 12.5 Å². The fourth-order valence-electron chi connectivity index (χ4n) is 2.22. The summed E-state index contributed by atoms with van der Waals surface area (Å²) in [5.74, 6) is 0.819. The molecule has 0 aliphatic heterocycles. The number of aromatic nitrogens is 1. The minimum absolute atomic E-state index is 0.0403. The summed E-state index contributed by atoms with van der Waals surface area (Å²) in [6, 6.07) is 14.0. The van der Waals surface area contributed by atoms with Gasteiger partial charge in [-0.1, -0.05) is 12.1 Å². The van der Waals surface area contributed by atoms with E-state index in [4.69, 9.17) is 4.74 Å². The van der Waals surface area contributed by atoms with Gasteiger partial charge in [0.05, 0.1) is 23.4 Å². The van der Waals surface area contributed by atoms with Gasteiger partial charge in [0.25, 0.3) is 5.69 Å². The molecule has 8 heteroatoms. The van der Waals surface area contributed by atoms with Crippen LogP contribution in [0, 0.1) is 10.1 Å². The molecule has 0 unspecified atom stereocenters. The lowest BCUT2D eigenvalue weighted by atomic mass is 10.1. The van der Waals surface area contributed by atoms with Crippen LogP contribution in [0.3, 0.4) is 0 Å². The van der Waals surface area contributed by atoms with Crippen LogP contribution in [0.4, 0.5) is 10.8 Å². The number of nitro groups is 1. The van der Waals surface area contributed by atoms with E-state index in [1.165, 1.54) is 23.5 Å². The van der Waals surface area contributed by atoms with Gasteiger partial charge in [-0.25, -0.2) is 4.98 Å². The molecule has 1 N–H and O–H groups in total. The molecule has 1 heterocycles. The smallest absolute Gasteiger partial charge is 0.270 e. The van der Waals surface area contributed by atoms with Crippen LogP contribution in [-0.4, -0.2) is 22.7 Å². The normalized spacial score (nSPS) is 10.8. The van der Waals surface area contributed by atoms with Gasteiger partial charge in [0, 0.05) is 23.1 Å². The number of rotatable bonds is 7. The number of thiazole rings is 1. The second-order valence-electron chi connectivity index (χ2n) is 5.22. The minimum atomic E-state index is -0.420. The van der Waals surface area contributed by atoms with E-state index in [9.17, 15) is 10.1 Å². The molecular formula is C18H16N4O3S. The van der Waals surface area contributed by atoms with Crippen LogP contribution in [0.15, 0.2) is 59.0 Å². The molecular weight excluding hydrogens is 352 g/mol. The Hall–Kier alpha value is -3.26. The molecule has 7 nitrogen and oxygen atoms in total. The van der Waals surface area contributed by atoms with Crippen LogP contribution >= 0.6 is 11.3 Å². The van der Waals surface area contributed by atoms with Crippen molar-refractivity contribution in [3.8, 4) is 17.0 Å². The van der Waals surface area contributed by atoms with E-state index in [0.29, 0.717) is 23.0 Å². The maximum Gasteiger partial charge on any atom is 0.270 e. The first kappa shape index (κ1) is 17.6. The fraction of sp³-hybridized carbons (Fsp3) is 0.111. The quantitative estimate of drug-likeness (QED) is 0.375. The Kier molecular flexibility index (Phi) is 5.55. The zero-order chi connectivity index (χ0) is 18.4. The summed E-state index contributed by atoms with van der Waals surface area (Å²) in [7, 11) is 0. The molecule has 0 fully saturated rings. The number of hydrogen-bond donors (Lipinski definition) is 1. The third-order valence-electron chi connectivity index (χ3n) is 3.42. The highest BCUT2D eigenvalue weighted by molar-refractivity contribution is 7.14. The Balaban J connectivity index is 1.65. The summed E-state index contributed by atoms with van der Waals surface area (Å²) in [4.78, 5) is 14.9. The Bertz CT molecular complexity index is 922. The van der Waals surface area contributed by atoms with Crippen LogP contribution in [0.25, 0.3) is 11.3 Å². The third-order valence-corrected chi connectivity index (χ3v) is 4.17. The SMILES string of the molecule is CCOc1ccc(/C=N\Nc2nc(-c3cccc([N+](=O)[O-])c3)cs2)cc1. The van der Waals surface area contributed by atoms with Crippen molar-refractivity contribution in [3.63, 3.8) is 0 Å². The number of hydrazone groups is 1. The lowest BCUT2D eigenvalue weighted by Gasteiger charge is -2.02. The summed E-state index contributed by atoms with van der Waals surface area (Å²) in [5, 5.41) is 17.5. The van der Waals surface area contributed by atoms with E-state index in [2.05, 4.69) is 15.5 Å². The van der Waals surface area contributed by atoms with Gasteiger partial charge in [0.2, 0.25) is 5.13 Å². The lowest BCUT2D eigenvalue weighted by Crippen LogP contribution is -1.93. The van der Waals surface area contributed by atoms with Crippen LogP contribution in [0.5, 0.6) is 5.75 Å². The van der Waals surface area contributed by atoms with Crippen molar-refractivity contribution in [1.29, 1.82) is 0 Å². The summed E-state index contributed by atoms with van der Waals surface area (Å²) in [5.41, 5.74) is 5.20. The van der Waals surface area contributed by atoms with Crippen LogP contribution in [0.2, 0.25) is 0 Å². The highest BCUT2D eigenvalue weighted by atomic mass is 32.1. The van der Waals surface area contributed by atoms with Crippen LogP contribution < -0.4 is 10.2 Å². The summed E-state index contributed by atoms with van der Waals surface area (Å²) >= 11 is 1.38. The van der Waals surface area contributed by atoms with Crippen molar-refractivity contribution in [2.75, 3.05) is 12.0 Å². The number of anilines is 1. The third kappa shape index (κ3) is 4.42. The van der Waals surface area contributed by atoms with E-state index >= 15 is 0 Å². The lowest BCUT2D eigenvalue weighted by molar-refractivity contribution is -0.384. The number of non-ortho nitro benzene ring substituents is 1. The first-order chi connectivity index (χ1) is 12.7. The van der Waals surface area contributed by atoms with Crippen molar-refractivity contribution < 1.29 is 9.66 Å². The molecule has 0 spiro atoms. The molecule has 26 heavy (non-hydrogen) atoms. The summed E-state index contributed by atoms with van der Waals surface area (Å²) in [6.45, 7) is 2.57. The largest absolute Gasteiger partial charge is 0.494 e. The Morgan fingerprint density at radius 1 is 1.31 bits per heavy atom. The predicted molar refractivity (Wildman–Crippen MR) is 103 cm³/mol. The average molecular weight is 368 g/mol. The summed E-state index contributed by atoms with van der Waals surface area (Å²) < 4.78 is 5.39. The number of nitrogens with zero attached hydrogens (tertiary/aromatic N) is 3. The molecule has 2 aromatic carbocycles. The van der Waals surface area contributed by atoms with E-state index < -0.39 is 4.92 Å². The maximum atomic E-state index is 10.9. The highest BCUT2D eigenvalue weighted by Crippen LogP contribution is 2.27. The molecule has 0 aliphatic carbocycles. The average Bonchev–Trinajstić information content (AvgIpc) is 3.12. The van der Waals surface area contributed by atoms with Crippen molar-refractivity contribution in [3.05, 3.63) is 69.6 Å². The molecule has 3 aromatic rings. The summed E-state index contributed by atoms with van der Waals surface area (Å²) in [6.07, 6.45) is 1.68. The predicted octanol–water partition coefficient (Wildman–Crippen LogP) is 4.56. The van der Waals surface area contributed by atoms with Gasteiger partial charge in [-0.3, -0.25) is 15.5 Å². The fourth-order valence-corrected chi connectivity index (χ4v) is 2.88. The van der Waals surface area contributed by atoms with Gasteiger partial charge in [-0.2, -0.15) is 5.10 Å². The van der Waals surface area contributed by atoms with Crippen LogP contribution in [-0.2, 0) is 0 Å². The second kappa shape index (κ2) is 8.21. The highest BCUT2D eigenvalue weighted by Gasteiger charge is 2.09. The van der Waals surface area contributed by atoms with E-state index in [1.54, 1.807) is 18.3 Å². The van der Waals surface area contributed by atoms with Gasteiger partial charge >= 0.3 is 0 Å². The van der Waals surface area contributed by atoms with Gasteiger partial charge < -0.3 is 4.74 Å². The zero-order valence-electron chi connectivity index (χ0n) is 14.0. The Morgan fingerprint density at radius 3 is 2.85 bits per heavy atom. The molecule has 132 valence electrons. The van der Waals surface area contributed by atoms with Crippen molar-refractivity contribution in [2.45, 2.75) is 6.92 Å². The topological polar surface area (TPSA) is 89.7 Å². The standard InChI is InChI=1S/C18H16N4O3S/c1-2-25-16-8-6-13(7-9-16)11-19-21-18-20-17(12-26-18)14-4-3-5-15(10-14)22(23)24/h3-12H,2H2,1H3,(H,20,21)/b19-11-. The first-order valence-corrected chi connectivity index (χ1v) is 8.76. The van der Waals surface area contributed by atoms with E-state index in [0.717, 1.165) is 11.3 Å². The molecule has 0 amide bonds. The van der Waals surface area contributed by atoms with Gasteiger partial charge in [-0.15, -0.1) is 11.3 Å². The number of ether oxygens (including phenoxy) is 1. The zero-order valence-corrected chi connectivity index (χ0v) is 14.8. The molecule has 0 bridgehead atoms. The van der Waals surface area contributed by atoms with E-state index in [1.807, 2.05) is 36.6 Å². The molecule has 0 saturated heterocycles. The first-order valence-electron chi connectivity index (χ1n) is 7.88. The number of nitro benzene ring substituents is 1. The monoisotopic (exact) mass is 368 g/mol. The molecule has 0 atom stereocenters. The number of benzene rings is 2.